The van der Waals surface area contributed by atoms with Crippen molar-refractivity contribution in [1.29, 1.82) is 0 Å². The van der Waals surface area contributed by atoms with Crippen molar-refractivity contribution in [1.82, 2.24) is 0 Å². The standard InChI is InChI=1S/C13H16O2.C12H12BrN/c1-3-4-5-10-15-13-8-6-12(7-9-13)11(2)14;1-2-3-4-9-14-10-11-5-7-12(13)8-6-11/h3,6-9H,1,4-5,10H2,2H3;1,5-8,10H,3-4,9H2. The zero-order valence-electron chi connectivity index (χ0n) is 16.9. The van der Waals surface area contributed by atoms with Gasteiger partial charge in [-0.1, -0.05) is 34.1 Å². The fourth-order valence-electron chi connectivity index (χ4n) is 2.19. The molecule has 2 rings (SSSR count). The lowest BCUT2D eigenvalue weighted by molar-refractivity contribution is 0.101. The van der Waals surface area contributed by atoms with Crippen LogP contribution in [0.1, 0.15) is 48.5 Å². The van der Waals surface area contributed by atoms with Crippen molar-refractivity contribution in [2.24, 2.45) is 4.99 Å². The Morgan fingerprint density at radius 1 is 1.17 bits per heavy atom. The molecule has 0 atom stereocenters. The minimum Gasteiger partial charge on any atom is -0.494 e. The van der Waals surface area contributed by atoms with Crippen molar-refractivity contribution >= 4 is 27.9 Å². The minimum atomic E-state index is 0.0770. The van der Waals surface area contributed by atoms with Gasteiger partial charge in [0.05, 0.1) is 6.61 Å². The molecule has 0 saturated heterocycles. The Labute approximate surface area is 183 Å². The van der Waals surface area contributed by atoms with E-state index in [-0.39, 0.29) is 5.78 Å². The van der Waals surface area contributed by atoms with Gasteiger partial charge < -0.3 is 4.74 Å². The van der Waals surface area contributed by atoms with Gasteiger partial charge in [-0.15, -0.1) is 18.9 Å². The van der Waals surface area contributed by atoms with Crippen molar-refractivity contribution < 1.29 is 9.53 Å². The van der Waals surface area contributed by atoms with Crippen LogP contribution in [0.4, 0.5) is 0 Å². The van der Waals surface area contributed by atoms with Crippen LogP contribution in [0.15, 0.2) is 70.7 Å². The summed E-state index contributed by atoms with van der Waals surface area (Å²) in [5.74, 6) is 3.48. The number of unbranched alkanes of at least 4 members (excludes halogenated alkanes) is 2. The van der Waals surface area contributed by atoms with E-state index in [2.05, 4.69) is 33.4 Å². The molecule has 0 aliphatic rings. The lowest BCUT2D eigenvalue weighted by Gasteiger charge is -2.05. The predicted molar refractivity (Wildman–Crippen MR) is 126 cm³/mol. The van der Waals surface area contributed by atoms with Gasteiger partial charge in [0.1, 0.15) is 5.75 Å². The van der Waals surface area contributed by atoms with Crippen molar-refractivity contribution in [3.63, 3.8) is 0 Å². The molecule has 0 spiro atoms. The number of ether oxygens (including phenoxy) is 1. The summed E-state index contributed by atoms with van der Waals surface area (Å²) in [6.45, 7) is 6.69. The number of carbonyl (C=O) groups is 1. The number of ketones is 1. The average Bonchev–Trinajstić information content (AvgIpc) is 2.73. The highest BCUT2D eigenvalue weighted by molar-refractivity contribution is 9.10. The number of hydrogen-bond donors (Lipinski definition) is 0. The Kier molecular flexibility index (Phi) is 12.9. The van der Waals surface area contributed by atoms with Gasteiger partial charge in [-0.3, -0.25) is 9.79 Å². The van der Waals surface area contributed by atoms with Gasteiger partial charge in [-0.2, -0.15) is 0 Å². The maximum Gasteiger partial charge on any atom is 0.159 e. The fourth-order valence-corrected chi connectivity index (χ4v) is 2.46. The summed E-state index contributed by atoms with van der Waals surface area (Å²) in [7, 11) is 0. The molecule has 0 aromatic heterocycles. The van der Waals surface area contributed by atoms with E-state index in [1.165, 1.54) is 0 Å². The van der Waals surface area contributed by atoms with Gasteiger partial charge in [0.15, 0.2) is 5.78 Å². The monoisotopic (exact) mass is 453 g/mol. The van der Waals surface area contributed by atoms with Crippen LogP contribution < -0.4 is 4.74 Å². The number of carbonyl (C=O) groups excluding carboxylic acids is 1. The van der Waals surface area contributed by atoms with Gasteiger partial charge in [-0.05, 0) is 68.1 Å². The number of benzene rings is 2. The zero-order chi connectivity index (χ0) is 21.3. The van der Waals surface area contributed by atoms with Crippen LogP contribution >= 0.6 is 15.9 Å². The molecule has 0 aliphatic heterocycles. The Balaban J connectivity index is 0.000000291. The second kappa shape index (κ2) is 15.3. The third-order valence-corrected chi connectivity index (χ3v) is 4.33. The zero-order valence-corrected chi connectivity index (χ0v) is 18.5. The molecule has 3 nitrogen and oxygen atoms in total. The maximum atomic E-state index is 11.0. The largest absolute Gasteiger partial charge is 0.494 e. The normalized spacial score (nSPS) is 9.97. The lowest BCUT2D eigenvalue weighted by atomic mass is 10.1. The summed E-state index contributed by atoms with van der Waals surface area (Å²) in [5.41, 5.74) is 1.84. The molecule has 4 heteroatoms. The summed E-state index contributed by atoms with van der Waals surface area (Å²) < 4.78 is 6.57. The van der Waals surface area contributed by atoms with Gasteiger partial charge in [0.25, 0.3) is 0 Å². The van der Waals surface area contributed by atoms with Crippen LogP contribution in [0.25, 0.3) is 0 Å². The molecule has 0 unspecified atom stereocenters. The molecule has 0 N–H and O–H groups in total. The minimum absolute atomic E-state index is 0.0770. The SMILES string of the molecule is C#CCCCN=Cc1ccc(Br)cc1.C=CCCCOc1ccc(C(C)=O)cc1. The first-order valence-electron chi connectivity index (χ1n) is 9.60. The van der Waals surface area contributed by atoms with Crippen LogP contribution in [-0.2, 0) is 0 Å². The second-order valence-corrected chi connectivity index (χ2v) is 7.17. The number of Topliss-reactive ketones (excluding diaryl/α,β-unsaturated/α-hetero) is 1. The number of halogens is 1. The Bertz CT molecular complexity index is 802. The summed E-state index contributed by atoms with van der Waals surface area (Å²) >= 11 is 3.38. The lowest BCUT2D eigenvalue weighted by Crippen LogP contribution is -1.97. The van der Waals surface area contributed by atoms with Crippen molar-refractivity contribution in [3.05, 3.63) is 76.8 Å². The first kappa shape index (κ1) is 24.4. The number of rotatable bonds is 10. The molecule has 0 heterocycles. The highest BCUT2D eigenvalue weighted by atomic mass is 79.9. The molecule has 0 fully saturated rings. The van der Waals surface area contributed by atoms with E-state index in [0.29, 0.717) is 12.2 Å². The molecule has 0 saturated carbocycles. The van der Waals surface area contributed by atoms with E-state index >= 15 is 0 Å². The van der Waals surface area contributed by atoms with E-state index in [4.69, 9.17) is 11.2 Å². The summed E-state index contributed by atoms with van der Waals surface area (Å²) in [6, 6.07) is 15.3. The third kappa shape index (κ3) is 11.7. The van der Waals surface area contributed by atoms with Crippen LogP contribution in [0.5, 0.6) is 5.75 Å². The molecule has 0 aliphatic carbocycles. The summed E-state index contributed by atoms with van der Waals surface area (Å²) in [6.07, 6.45) is 12.6. The predicted octanol–water partition coefficient (Wildman–Crippen LogP) is 6.52. The molecule has 0 bridgehead atoms. The number of terminal acetylenes is 1. The molecule has 2 aromatic rings. The van der Waals surface area contributed by atoms with Crippen LogP contribution in [0.3, 0.4) is 0 Å². The van der Waals surface area contributed by atoms with E-state index in [1.807, 2.05) is 48.7 Å². The van der Waals surface area contributed by atoms with Crippen molar-refractivity contribution in [3.8, 4) is 18.1 Å². The Morgan fingerprint density at radius 2 is 1.86 bits per heavy atom. The smallest absolute Gasteiger partial charge is 0.159 e. The van der Waals surface area contributed by atoms with Crippen LogP contribution in [0, 0.1) is 12.3 Å². The molecule has 0 radical (unpaired) electrons. The number of aliphatic imine (C=N–C) groups is 1. The number of allylic oxidation sites excluding steroid dienone is 1. The Morgan fingerprint density at radius 3 is 2.45 bits per heavy atom. The number of hydrogen-bond acceptors (Lipinski definition) is 3. The van der Waals surface area contributed by atoms with Gasteiger partial charge in [0.2, 0.25) is 0 Å². The van der Waals surface area contributed by atoms with Crippen LogP contribution in [-0.4, -0.2) is 25.1 Å². The first-order valence-corrected chi connectivity index (χ1v) is 10.4. The summed E-state index contributed by atoms with van der Waals surface area (Å²) in [5, 5.41) is 0. The fraction of sp³-hybridized carbons (Fsp3) is 0.280. The second-order valence-electron chi connectivity index (χ2n) is 6.25. The topological polar surface area (TPSA) is 38.7 Å². The van der Waals surface area contributed by atoms with E-state index in [0.717, 1.165) is 48.0 Å². The highest BCUT2D eigenvalue weighted by Crippen LogP contribution is 2.13. The quantitative estimate of drug-likeness (QED) is 0.135. The molecular formula is C25H28BrNO2. The first-order chi connectivity index (χ1) is 14.1. The molecular weight excluding hydrogens is 426 g/mol. The maximum absolute atomic E-state index is 11.0. The number of nitrogens with zero attached hydrogens (tertiary/aromatic N) is 1. The summed E-state index contributed by atoms with van der Waals surface area (Å²) in [4.78, 5) is 15.3. The molecule has 0 amide bonds. The van der Waals surface area contributed by atoms with E-state index in [1.54, 1.807) is 19.1 Å². The van der Waals surface area contributed by atoms with Crippen LogP contribution in [0.2, 0.25) is 0 Å². The average molecular weight is 454 g/mol. The van der Waals surface area contributed by atoms with Gasteiger partial charge in [0, 0.05) is 29.2 Å². The van der Waals surface area contributed by atoms with Crippen molar-refractivity contribution in [2.45, 2.75) is 32.6 Å². The van der Waals surface area contributed by atoms with E-state index < -0.39 is 0 Å². The van der Waals surface area contributed by atoms with Gasteiger partial charge >= 0.3 is 0 Å². The highest BCUT2D eigenvalue weighted by Gasteiger charge is 1.98. The molecule has 152 valence electrons. The Hall–Kier alpha value is -2.64. The third-order valence-electron chi connectivity index (χ3n) is 3.80. The van der Waals surface area contributed by atoms with E-state index in [9.17, 15) is 4.79 Å². The molecule has 2 aromatic carbocycles. The molecule has 29 heavy (non-hydrogen) atoms. The van der Waals surface area contributed by atoms with Crippen molar-refractivity contribution in [2.75, 3.05) is 13.2 Å². The van der Waals surface area contributed by atoms with Gasteiger partial charge in [-0.25, -0.2) is 0 Å².